The Hall–Kier alpha value is -1.55. The summed E-state index contributed by atoms with van der Waals surface area (Å²) < 4.78 is 5.39. The van der Waals surface area contributed by atoms with E-state index in [-0.39, 0.29) is 11.8 Å². The summed E-state index contributed by atoms with van der Waals surface area (Å²) in [6.07, 6.45) is 4.43. The van der Waals surface area contributed by atoms with Gasteiger partial charge in [-0.25, -0.2) is 0 Å². The van der Waals surface area contributed by atoms with Gasteiger partial charge in [0.2, 0.25) is 5.91 Å². The molecule has 1 saturated heterocycles. The molecule has 1 aromatic rings. The maximum Gasteiger partial charge on any atom is 0.227 e. The van der Waals surface area contributed by atoms with Crippen molar-refractivity contribution >= 4 is 17.3 Å². The van der Waals surface area contributed by atoms with Gasteiger partial charge < -0.3 is 15.0 Å². The number of hydrogen-bond donors (Lipinski definition) is 1. The van der Waals surface area contributed by atoms with Crippen molar-refractivity contribution in [3.8, 4) is 0 Å². The molecule has 2 aliphatic rings. The normalized spacial score (nSPS) is 20.1. The molecule has 0 radical (unpaired) electrons. The molecule has 2 fully saturated rings. The zero-order valence-corrected chi connectivity index (χ0v) is 11.8. The number of para-hydroxylation sites is 2. The van der Waals surface area contributed by atoms with E-state index in [1.165, 1.54) is 12.8 Å². The molecule has 1 saturated carbocycles. The molecule has 20 heavy (non-hydrogen) atoms. The average Bonchev–Trinajstić information content (AvgIpc) is 3.03. The molecule has 1 aliphatic heterocycles. The van der Waals surface area contributed by atoms with Crippen LogP contribution in [0, 0.1) is 5.92 Å². The fourth-order valence-electron chi connectivity index (χ4n) is 3.08. The van der Waals surface area contributed by atoms with Gasteiger partial charge in [0.1, 0.15) is 0 Å². The van der Waals surface area contributed by atoms with Crippen LogP contribution in [0.2, 0.25) is 0 Å². The number of rotatable bonds is 3. The molecular weight excluding hydrogens is 252 g/mol. The van der Waals surface area contributed by atoms with E-state index in [2.05, 4.69) is 16.3 Å². The van der Waals surface area contributed by atoms with E-state index in [1.54, 1.807) is 0 Å². The molecule has 0 atom stereocenters. The monoisotopic (exact) mass is 274 g/mol. The SMILES string of the molecule is O=C(Nc1ccccc1N1CCOCC1)C1CCCC1. The van der Waals surface area contributed by atoms with E-state index in [9.17, 15) is 4.79 Å². The summed E-state index contributed by atoms with van der Waals surface area (Å²) in [4.78, 5) is 14.6. The van der Waals surface area contributed by atoms with E-state index in [0.717, 1.165) is 50.5 Å². The zero-order valence-electron chi connectivity index (χ0n) is 11.8. The second-order valence-electron chi connectivity index (χ2n) is 5.59. The van der Waals surface area contributed by atoms with Crippen LogP contribution in [-0.4, -0.2) is 32.2 Å². The van der Waals surface area contributed by atoms with Crippen LogP contribution in [0.15, 0.2) is 24.3 Å². The summed E-state index contributed by atoms with van der Waals surface area (Å²) in [6, 6.07) is 8.08. The first kappa shape index (κ1) is 13.4. The Morgan fingerprint density at radius 1 is 1.15 bits per heavy atom. The highest BCUT2D eigenvalue weighted by Gasteiger charge is 2.24. The molecule has 4 heteroatoms. The Balaban J connectivity index is 1.73. The van der Waals surface area contributed by atoms with Crippen molar-refractivity contribution in [2.24, 2.45) is 5.92 Å². The molecule has 1 N–H and O–H groups in total. The number of carbonyl (C=O) groups excluding carboxylic acids is 1. The number of nitrogens with zero attached hydrogens (tertiary/aromatic N) is 1. The molecule has 1 aliphatic carbocycles. The number of nitrogens with one attached hydrogen (secondary N) is 1. The first-order valence-corrected chi connectivity index (χ1v) is 7.57. The van der Waals surface area contributed by atoms with Gasteiger partial charge >= 0.3 is 0 Å². The summed E-state index contributed by atoms with van der Waals surface area (Å²) in [6.45, 7) is 3.28. The third-order valence-corrected chi connectivity index (χ3v) is 4.24. The molecule has 108 valence electrons. The summed E-state index contributed by atoms with van der Waals surface area (Å²) in [5, 5.41) is 3.13. The molecule has 3 rings (SSSR count). The van der Waals surface area contributed by atoms with E-state index in [4.69, 9.17) is 4.74 Å². The number of ether oxygens (including phenoxy) is 1. The van der Waals surface area contributed by atoms with E-state index in [1.807, 2.05) is 18.2 Å². The van der Waals surface area contributed by atoms with Crippen molar-refractivity contribution in [1.29, 1.82) is 0 Å². The standard InChI is InChI=1S/C16H22N2O2/c19-16(13-5-1-2-6-13)17-14-7-3-4-8-15(14)18-9-11-20-12-10-18/h3-4,7-8,13H,1-2,5-6,9-12H2,(H,17,19). The number of morpholine rings is 1. The first-order chi connectivity index (χ1) is 9.84. The van der Waals surface area contributed by atoms with Gasteiger partial charge in [-0.1, -0.05) is 25.0 Å². The van der Waals surface area contributed by atoms with Gasteiger partial charge in [-0.3, -0.25) is 4.79 Å². The van der Waals surface area contributed by atoms with Gasteiger partial charge in [0, 0.05) is 19.0 Å². The molecule has 1 amide bonds. The maximum atomic E-state index is 12.3. The second kappa shape index (κ2) is 6.27. The van der Waals surface area contributed by atoms with Crippen molar-refractivity contribution in [3.63, 3.8) is 0 Å². The van der Waals surface area contributed by atoms with Crippen LogP contribution in [0.5, 0.6) is 0 Å². The minimum absolute atomic E-state index is 0.184. The number of hydrogen-bond acceptors (Lipinski definition) is 3. The molecular formula is C16H22N2O2. The van der Waals surface area contributed by atoms with Crippen molar-refractivity contribution in [2.75, 3.05) is 36.5 Å². The van der Waals surface area contributed by atoms with Gasteiger partial charge in [-0.05, 0) is 25.0 Å². The van der Waals surface area contributed by atoms with Gasteiger partial charge in [-0.2, -0.15) is 0 Å². The predicted molar refractivity (Wildman–Crippen MR) is 80.1 cm³/mol. The highest BCUT2D eigenvalue weighted by Crippen LogP contribution is 2.30. The molecule has 0 aromatic heterocycles. The third kappa shape index (κ3) is 2.96. The Labute approximate surface area is 120 Å². The summed E-state index contributed by atoms with van der Waals surface area (Å²) in [7, 11) is 0. The van der Waals surface area contributed by atoms with Crippen LogP contribution < -0.4 is 10.2 Å². The molecule has 0 bridgehead atoms. The van der Waals surface area contributed by atoms with E-state index < -0.39 is 0 Å². The number of amides is 1. The Kier molecular flexibility index (Phi) is 4.21. The van der Waals surface area contributed by atoms with Crippen LogP contribution in [0.1, 0.15) is 25.7 Å². The molecule has 0 unspecified atom stereocenters. The minimum Gasteiger partial charge on any atom is -0.378 e. The van der Waals surface area contributed by atoms with Crippen LogP contribution in [0.25, 0.3) is 0 Å². The van der Waals surface area contributed by atoms with Crippen LogP contribution in [-0.2, 0) is 9.53 Å². The number of carbonyl (C=O) groups is 1. The van der Waals surface area contributed by atoms with Crippen molar-refractivity contribution in [3.05, 3.63) is 24.3 Å². The fourth-order valence-corrected chi connectivity index (χ4v) is 3.08. The molecule has 0 spiro atoms. The third-order valence-electron chi connectivity index (χ3n) is 4.24. The highest BCUT2D eigenvalue weighted by atomic mass is 16.5. The largest absolute Gasteiger partial charge is 0.378 e. The van der Waals surface area contributed by atoms with Crippen molar-refractivity contribution in [2.45, 2.75) is 25.7 Å². The smallest absolute Gasteiger partial charge is 0.227 e. The second-order valence-corrected chi connectivity index (χ2v) is 5.59. The molecule has 1 aromatic carbocycles. The number of anilines is 2. The maximum absolute atomic E-state index is 12.3. The summed E-state index contributed by atoms with van der Waals surface area (Å²) >= 11 is 0. The lowest BCUT2D eigenvalue weighted by atomic mass is 10.1. The molecule has 1 heterocycles. The fraction of sp³-hybridized carbons (Fsp3) is 0.562. The van der Waals surface area contributed by atoms with Crippen LogP contribution in [0.3, 0.4) is 0 Å². The van der Waals surface area contributed by atoms with Gasteiger partial charge in [0.15, 0.2) is 0 Å². The summed E-state index contributed by atoms with van der Waals surface area (Å²) in [5.41, 5.74) is 2.05. The lowest BCUT2D eigenvalue weighted by Gasteiger charge is -2.30. The zero-order chi connectivity index (χ0) is 13.8. The first-order valence-electron chi connectivity index (χ1n) is 7.57. The van der Waals surface area contributed by atoms with Gasteiger partial charge in [0.05, 0.1) is 24.6 Å². The lowest BCUT2D eigenvalue weighted by molar-refractivity contribution is -0.119. The predicted octanol–water partition coefficient (Wildman–Crippen LogP) is 2.65. The van der Waals surface area contributed by atoms with Gasteiger partial charge in [-0.15, -0.1) is 0 Å². The van der Waals surface area contributed by atoms with Crippen molar-refractivity contribution in [1.82, 2.24) is 0 Å². The number of benzene rings is 1. The van der Waals surface area contributed by atoms with Crippen LogP contribution in [0.4, 0.5) is 11.4 Å². The molecule has 4 nitrogen and oxygen atoms in total. The average molecular weight is 274 g/mol. The lowest BCUT2D eigenvalue weighted by Crippen LogP contribution is -2.37. The Bertz CT molecular complexity index is 463. The Morgan fingerprint density at radius 3 is 2.60 bits per heavy atom. The van der Waals surface area contributed by atoms with Gasteiger partial charge in [0.25, 0.3) is 0 Å². The van der Waals surface area contributed by atoms with Crippen molar-refractivity contribution < 1.29 is 9.53 Å². The van der Waals surface area contributed by atoms with Crippen LogP contribution >= 0.6 is 0 Å². The van der Waals surface area contributed by atoms with E-state index >= 15 is 0 Å². The van der Waals surface area contributed by atoms with E-state index in [0.29, 0.717) is 0 Å². The highest BCUT2D eigenvalue weighted by molar-refractivity contribution is 5.96. The topological polar surface area (TPSA) is 41.6 Å². The summed E-state index contributed by atoms with van der Waals surface area (Å²) in [5.74, 6) is 0.385. The minimum atomic E-state index is 0.184. The quantitative estimate of drug-likeness (QED) is 0.921. The Morgan fingerprint density at radius 2 is 1.85 bits per heavy atom.